The highest BCUT2D eigenvalue weighted by Crippen LogP contribution is 2.21. The maximum Gasteiger partial charge on any atom is 0.0221 e. The van der Waals surface area contributed by atoms with E-state index in [0.717, 1.165) is 12.6 Å². The van der Waals surface area contributed by atoms with Gasteiger partial charge in [-0.25, -0.2) is 0 Å². The van der Waals surface area contributed by atoms with Crippen LogP contribution in [-0.2, 0) is 0 Å². The van der Waals surface area contributed by atoms with Crippen molar-refractivity contribution in [3.63, 3.8) is 0 Å². The first-order valence-corrected chi connectivity index (χ1v) is 5.75. The van der Waals surface area contributed by atoms with E-state index in [1.54, 1.807) is 0 Å². The van der Waals surface area contributed by atoms with Crippen molar-refractivity contribution in [2.24, 2.45) is 5.73 Å². The molecule has 2 unspecified atom stereocenters. The van der Waals surface area contributed by atoms with Gasteiger partial charge in [0.25, 0.3) is 0 Å². The standard InChI is InChI=1S/C11H24N2/c1-3-4-7-11(9-12)13-8-5-6-10(13)2/h10-11H,3-9,12H2,1-2H3. The molecule has 0 bridgehead atoms. The fourth-order valence-electron chi connectivity index (χ4n) is 2.36. The largest absolute Gasteiger partial charge is 0.329 e. The Bertz CT molecular complexity index is 136. The fourth-order valence-corrected chi connectivity index (χ4v) is 2.36. The Hall–Kier alpha value is -0.0800. The van der Waals surface area contributed by atoms with Gasteiger partial charge in [-0.05, 0) is 32.7 Å². The molecule has 1 aliphatic heterocycles. The molecule has 0 amide bonds. The van der Waals surface area contributed by atoms with E-state index in [9.17, 15) is 0 Å². The Morgan fingerprint density at radius 2 is 2.31 bits per heavy atom. The molecular formula is C11H24N2. The molecule has 2 N–H and O–H groups in total. The van der Waals surface area contributed by atoms with Crippen LogP contribution in [0.5, 0.6) is 0 Å². The third-order valence-corrected chi connectivity index (χ3v) is 3.24. The number of likely N-dealkylation sites (tertiary alicyclic amines) is 1. The maximum atomic E-state index is 5.81. The molecule has 1 fully saturated rings. The first-order valence-electron chi connectivity index (χ1n) is 5.75. The van der Waals surface area contributed by atoms with Crippen molar-refractivity contribution in [2.45, 2.75) is 58.0 Å². The Morgan fingerprint density at radius 3 is 2.77 bits per heavy atom. The molecule has 0 aromatic carbocycles. The number of unbranched alkanes of at least 4 members (excludes halogenated alkanes) is 1. The van der Waals surface area contributed by atoms with Crippen molar-refractivity contribution in [3.05, 3.63) is 0 Å². The Morgan fingerprint density at radius 1 is 1.54 bits per heavy atom. The second kappa shape index (κ2) is 5.61. The van der Waals surface area contributed by atoms with Gasteiger partial charge in [-0.15, -0.1) is 0 Å². The lowest BCUT2D eigenvalue weighted by atomic mass is 10.1. The number of hydrogen-bond donors (Lipinski definition) is 1. The third-order valence-electron chi connectivity index (χ3n) is 3.24. The van der Waals surface area contributed by atoms with Crippen LogP contribution >= 0.6 is 0 Å². The lowest BCUT2D eigenvalue weighted by Crippen LogP contribution is -2.42. The van der Waals surface area contributed by atoms with Gasteiger partial charge in [0.2, 0.25) is 0 Å². The van der Waals surface area contributed by atoms with E-state index >= 15 is 0 Å². The summed E-state index contributed by atoms with van der Waals surface area (Å²) < 4.78 is 0. The predicted octanol–water partition coefficient (Wildman–Crippen LogP) is 1.99. The van der Waals surface area contributed by atoms with E-state index in [0.29, 0.717) is 6.04 Å². The van der Waals surface area contributed by atoms with Gasteiger partial charge in [-0.1, -0.05) is 19.8 Å². The summed E-state index contributed by atoms with van der Waals surface area (Å²) in [6.07, 6.45) is 6.63. The highest BCUT2D eigenvalue weighted by Gasteiger charge is 2.25. The fraction of sp³-hybridized carbons (Fsp3) is 1.00. The Labute approximate surface area is 82.5 Å². The second-order valence-corrected chi connectivity index (χ2v) is 4.26. The zero-order valence-corrected chi connectivity index (χ0v) is 9.13. The lowest BCUT2D eigenvalue weighted by molar-refractivity contribution is 0.182. The van der Waals surface area contributed by atoms with Crippen LogP contribution in [0.1, 0.15) is 46.0 Å². The molecular weight excluding hydrogens is 160 g/mol. The van der Waals surface area contributed by atoms with Crippen molar-refractivity contribution in [1.82, 2.24) is 4.90 Å². The van der Waals surface area contributed by atoms with Gasteiger partial charge in [-0.2, -0.15) is 0 Å². The number of nitrogens with two attached hydrogens (primary N) is 1. The summed E-state index contributed by atoms with van der Waals surface area (Å²) >= 11 is 0. The number of nitrogens with zero attached hydrogens (tertiary/aromatic N) is 1. The summed E-state index contributed by atoms with van der Waals surface area (Å²) in [6.45, 7) is 6.69. The zero-order valence-electron chi connectivity index (χ0n) is 9.13. The van der Waals surface area contributed by atoms with Crippen LogP contribution in [0.15, 0.2) is 0 Å². The number of hydrogen-bond acceptors (Lipinski definition) is 2. The minimum atomic E-state index is 0.650. The second-order valence-electron chi connectivity index (χ2n) is 4.26. The molecule has 2 atom stereocenters. The smallest absolute Gasteiger partial charge is 0.0221 e. The van der Waals surface area contributed by atoms with Crippen LogP contribution < -0.4 is 5.73 Å². The minimum Gasteiger partial charge on any atom is -0.329 e. The molecule has 13 heavy (non-hydrogen) atoms. The molecule has 0 radical (unpaired) electrons. The van der Waals surface area contributed by atoms with Crippen LogP contribution in [0.4, 0.5) is 0 Å². The summed E-state index contributed by atoms with van der Waals surface area (Å²) in [5.41, 5.74) is 5.81. The van der Waals surface area contributed by atoms with Crippen LogP contribution in [-0.4, -0.2) is 30.1 Å². The molecule has 2 heteroatoms. The molecule has 1 saturated heterocycles. The molecule has 78 valence electrons. The first-order chi connectivity index (χ1) is 6.29. The third kappa shape index (κ3) is 2.96. The Balaban J connectivity index is 2.35. The summed E-state index contributed by atoms with van der Waals surface area (Å²) in [5.74, 6) is 0. The average Bonchev–Trinajstić information content (AvgIpc) is 2.54. The molecule has 0 spiro atoms. The van der Waals surface area contributed by atoms with Gasteiger partial charge < -0.3 is 5.73 Å². The molecule has 1 aliphatic rings. The van der Waals surface area contributed by atoms with E-state index in [1.165, 1.54) is 38.6 Å². The van der Waals surface area contributed by atoms with E-state index in [4.69, 9.17) is 5.73 Å². The summed E-state index contributed by atoms with van der Waals surface area (Å²) in [6, 6.07) is 1.42. The molecule has 1 heterocycles. The molecule has 0 aromatic heterocycles. The summed E-state index contributed by atoms with van der Waals surface area (Å²) in [5, 5.41) is 0. The van der Waals surface area contributed by atoms with E-state index < -0.39 is 0 Å². The number of rotatable bonds is 5. The van der Waals surface area contributed by atoms with E-state index in [2.05, 4.69) is 18.7 Å². The van der Waals surface area contributed by atoms with E-state index in [-0.39, 0.29) is 0 Å². The molecule has 1 rings (SSSR count). The highest BCUT2D eigenvalue weighted by molar-refractivity contribution is 4.82. The van der Waals surface area contributed by atoms with Crippen molar-refractivity contribution in [3.8, 4) is 0 Å². The van der Waals surface area contributed by atoms with Gasteiger partial charge >= 0.3 is 0 Å². The topological polar surface area (TPSA) is 29.3 Å². The van der Waals surface area contributed by atoms with Crippen LogP contribution in [0.2, 0.25) is 0 Å². The van der Waals surface area contributed by atoms with E-state index in [1.807, 2.05) is 0 Å². The highest BCUT2D eigenvalue weighted by atomic mass is 15.2. The van der Waals surface area contributed by atoms with Crippen molar-refractivity contribution >= 4 is 0 Å². The molecule has 0 aromatic rings. The van der Waals surface area contributed by atoms with Gasteiger partial charge in [-0.3, -0.25) is 4.90 Å². The lowest BCUT2D eigenvalue weighted by Gasteiger charge is -2.30. The first kappa shape index (κ1) is 11.0. The minimum absolute atomic E-state index is 0.650. The van der Waals surface area contributed by atoms with Crippen LogP contribution in [0, 0.1) is 0 Å². The van der Waals surface area contributed by atoms with Crippen molar-refractivity contribution < 1.29 is 0 Å². The SMILES string of the molecule is CCCCC(CN)N1CCCC1C. The summed E-state index contributed by atoms with van der Waals surface area (Å²) in [7, 11) is 0. The molecule has 0 saturated carbocycles. The van der Waals surface area contributed by atoms with Gasteiger partial charge in [0.15, 0.2) is 0 Å². The van der Waals surface area contributed by atoms with Crippen LogP contribution in [0.25, 0.3) is 0 Å². The Kier molecular flexibility index (Phi) is 4.74. The summed E-state index contributed by atoms with van der Waals surface area (Å²) in [4.78, 5) is 2.61. The predicted molar refractivity (Wildman–Crippen MR) is 57.8 cm³/mol. The quantitative estimate of drug-likeness (QED) is 0.708. The van der Waals surface area contributed by atoms with Gasteiger partial charge in [0.05, 0.1) is 0 Å². The zero-order chi connectivity index (χ0) is 9.68. The molecule has 0 aliphatic carbocycles. The normalized spacial score (nSPS) is 26.5. The van der Waals surface area contributed by atoms with Gasteiger partial charge in [0, 0.05) is 18.6 Å². The van der Waals surface area contributed by atoms with Gasteiger partial charge in [0.1, 0.15) is 0 Å². The van der Waals surface area contributed by atoms with Crippen molar-refractivity contribution in [1.29, 1.82) is 0 Å². The molecule has 2 nitrogen and oxygen atoms in total. The van der Waals surface area contributed by atoms with Crippen LogP contribution in [0.3, 0.4) is 0 Å². The van der Waals surface area contributed by atoms with Crippen molar-refractivity contribution in [2.75, 3.05) is 13.1 Å². The monoisotopic (exact) mass is 184 g/mol. The average molecular weight is 184 g/mol. The maximum absolute atomic E-state index is 5.81.